The zero-order chi connectivity index (χ0) is 26.6. The van der Waals surface area contributed by atoms with Crippen LogP contribution >= 0.6 is 56.5 Å². The van der Waals surface area contributed by atoms with Crippen LogP contribution in [0.4, 0.5) is 0 Å². The van der Waals surface area contributed by atoms with E-state index in [1.54, 1.807) is 18.8 Å². The standard InChI is InChI=1S/C29H22I2N2O4S/c1-36-17-8-10-23(37-2)20(14-17)26-19-9-7-16-5-3-4-6-18(16)25(19)32-29-33(26)28(35)24(38-29)13-15-11-21(30)27(34)22(31)12-15/h3-6,8,10-14,26,34H,7,9H2,1-2H3/b24-13+/t26-/m1/s1. The molecule has 9 heteroatoms. The van der Waals surface area contributed by atoms with E-state index in [-0.39, 0.29) is 17.4 Å². The molecule has 0 unspecified atom stereocenters. The van der Waals surface area contributed by atoms with Crippen LogP contribution in [-0.2, 0) is 6.42 Å². The first kappa shape index (κ1) is 25.6. The Hall–Kier alpha value is -2.64. The third kappa shape index (κ3) is 4.28. The Bertz CT molecular complexity index is 1800. The van der Waals surface area contributed by atoms with Crippen LogP contribution in [0, 0.1) is 7.14 Å². The summed E-state index contributed by atoms with van der Waals surface area (Å²) in [6.45, 7) is 0. The third-order valence-electron chi connectivity index (χ3n) is 6.94. The molecule has 4 aromatic rings. The van der Waals surface area contributed by atoms with Crippen LogP contribution in [0.2, 0.25) is 0 Å². The molecule has 6 nitrogen and oxygen atoms in total. The van der Waals surface area contributed by atoms with Gasteiger partial charge in [-0.15, -0.1) is 0 Å². The molecule has 1 atom stereocenters. The van der Waals surface area contributed by atoms with E-state index in [2.05, 4.69) is 63.4 Å². The second-order valence-corrected chi connectivity index (χ2v) is 12.4. The van der Waals surface area contributed by atoms with Crippen molar-refractivity contribution in [1.82, 2.24) is 4.57 Å². The highest BCUT2D eigenvalue weighted by atomic mass is 127. The Morgan fingerprint density at radius 1 is 1.05 bits per heavy atom. The van der Waals surface area contributed by atoms with E-state index in [4.69, 9.17) is 14.5 Å². The number of rotatable bonds is 4. The number of nitrogens with zero attached hydrogens (tertiary/aromatic N) is 2. The monoisotopic (exact) mass is 748 g/mol. The summed E-state index contributed by atoms with van der Waals surface area (Å²) >= 11 is 5.59. The first-order valence-corrected chi connectivity index (χ1v) is 14.9. The second kappa shape index (κ2) is 10.2. The predicted octanol–water partition coefficient (Wildman–Crippen LogP) is 5.25. The van der Waals surface area contributed by atoms with Gasteiger partial charge in [-0.2, -0.15) is 0 Å². The molecule has 6 rings (SSSR count). The van der Waals surface area contributed by atoms with E-state index in [0.717, 1.165) is 47.9 Å². The average Bonchev–Trinajstić information content (AvgIpc) is 3.24. The number of thiazole rings is 1. The minimum atomic E-state index is -0.373. The second-order valence-electron chi connectivity index (χ2n) is 9.05. The Morgan fingerprint density at radius 2 is 1.82 bits per heavy atom. The molecule has 0 saturated carbocycles. The van der Waals surface area contributed by atoms with Gasteiger partial charge < -0.3 is 14.6 Å². The topological polar surface area (TPSA) is 73.1 Å². The number of aromatic nitrogens is 1. The average molecular weight is 748 g/mol. The van der Waals surface area contributed by atoms with E-state index in [1.165, 1.54) is 16.9 Å². The van der Waals surface area contributed by atoms with Crippen LogP contribution in [0.5, 0.6) is 17.2 Å². The van der Waals surface area contributed by atoms with Crippen LogP contribution in [0.3, 0.4) is 0 Å². The van der Waals surface area contributed by atoms with Crippen molar-refractivity contribution >= 4 is 68.3 Å². The molecule has 38 heavy (non-hydrogen) atoms. The smallest absolute Gasteiger partial charge is 0.271 e. The normalized spacial score (nSPS) is 16.4. The first-order chi connectivity index (χ1) is 18.4. The SMILES string of the molecule is COc1ccc(OC)c([C@H]2C3=C(N=c4s/c(=C/c5cc(I)c(O)c(I)c5)c(=O)n42)c2ccccc2CC3)c1. The van der Waals surface area contributed by atoms with E-state index >= 15 is 0 Å². The van der Waals surface area contributed by atoms with E-state index in [9.17, 15) is 9.90 Å². The number of halogens is 2. The lowest BCUT2D eigenvalue weighted by Crippen LogP contribution is -2.39. The summed E-state index contributed by atoms with van der Waals surface area (Å²) in [6, 6.07) is 17.5. The number of phenolic OH excluding ortho intramolecular Hbond substituents is 1. The lowest BCUT2D eigenvalue weighted by atomic mass is 9.83. The van der Waals surface area contributed by atoms with Gasteiger partial charge in [-0.25, -0.2) is 4.99 Å². The van der Waals surface area contributed by atoms with Gasteiger partial charge in [0.25, 0.3) is 5.56 Å². The number of methoxy groups -OCH3 is 2. The lowest BCUT2D eigenvalue weighted by molar-refractivity contribution is 0.392. The van der Waals surface area contributed by atoms with Gasteiger partial charge in [-0.3, -0.25) is 9.36 Å². The molecule has 1 aromatic heterocycles. The van der Waals surface area contributed by atoms with E-state index in [0.29, 0.717) is 20.8 Å². The number of aromatic hydroxyl groups is 1. The molecule has 3 aromatic carbocycles. The highest BCUT2D eigenvalue weighted by Crippen LogP contribution is 2.44. The van der Waals surface area contributed by atoms with Gasteiger partial charge in [0, 0.05) is 11.1 Å². The van der Waals surface area contributed by atoms with Gasteiger partial charge in [-0.05, 0) is 111 Å². The molecule has 2 aliphatic rings. The fraction of sp³-hybridized carbons (Fsp3) is 0.172. The Kier molecular flexibility index (Phi) is 6.85. The molecule has 0 bridgehead atoms. The molecule has 192 valence electrons. The summed E-state index contributed by atoms with van der Waals surface area (Å²) in [7, 11) is 3.29. The van der Waals surface area contributed by atoms with Crippen LogP contribution in [0.25, 0.3) is 11.8 Å². The predicted molar refractivity (Wildman–Crippen MR) is 166 cm³/mol. The highest BCUT2D eigenvalue weighted by Gasteiger charge is 2.34. The molecule has 1 aliphatic carbocycles. The maximum Gasteiger partial charge on any atom is 0.271 e. The number of hydrogen-bond donors (Lipinski definition) is 1. The van der Waals surface area contributed by atoms with Crippen molar-refractivity contribution in [2.45, 2.75) is 18.9 Å². The lowest BCUT2D eigenvalue weighted by Gasteiger charge is -2.31. The molecule has 1 aliphatic heterocycles. The largest absolute Gasteiger partial charge is 0.506 e. The molecule has 1 N–H and O–H groups in total. The number of allylic oxidation sites excluding steroid dienone is 1. The Morgan fingerprint density at radius 3 is 2.55 bits per heavy atom. The van der Waals surface area contributed by atoms with Gasteiger partial charge in [0.2, 0.25) is 0 Å². The van der Waals surface area contributed by atoms with Gasteiger partial charge >= 0.3 is 0 Å². The number of ether oxygens (including phenoxy) is 2. The Balaban J connectivity index is 1.65. The fourth-order valence-electron chi connectivity index (χ4n) is 5.17. The summed E-state index contributed by atoms with van der Waals surface area (Å²) in [4.78, 5) is 19.8. The van der Waals surface area contributed by atoms with Crippen LogP contribution in [-0.4, -0.2) is 23.9 Å². The molecule has 0 amide bonds. The van der Waals surface area contributed by atoms with Gasteiger partial charge in [0.1, 0.15) is 17.2 Å². The van der Waals surface area contributed by atoms with Crippen molar-refractivity contribution in [3.05, 3.63) is 109 Å². The molecule has 0 radical (unpaired) electrons. The summed E-state index contributed by atoms with van der Waals surface area (Å²) in [5, 5.41) is 10.2. The van der Waals surface area contributed by atoms with Crippen molar-refractivity contribution in [3.63, 3.8) is 0 Å². The number of aryl methyl sites for hydroxylation is 1. The number of benzene rings is 3. The quantitative estimate of drug-likeness (QED) is 0.290. The summed E-state index contributed by atoms with van der Waals surface area (Å²) < 4.78 is 15.2. The third-order valence-corrected chi connectivity index (χ3v) is 9.57. The van der Waals surface area contributed by atoms with Crippen LogP contribution < -0.4 is 24.4 Å². The minimum absolute atomic E-state index is 0.105. The van der Waals surface area contributed by atoms with Crippen molar-refractivity contribution in [2.75, 3.05) is 14.2 Å². The summed E-state index contributed by atoms with van der Waals surface area (Å²) in [5.74, 6) is 1.65. The van der Waals surface area contributed by atoms with Gasteiger partial charge in [-0.1, -0.05) is 35.6 Å². The van der Waals surface area contributed by atoms with Gasteiger partial charge in [0.15, 0.2) is 4.80 Å². The summed E-state index contributed by atoms with van der Waals surface area (Å²) in [6.07, 6.45) is 3.55. The van der Waals surface area contributed by atoms with E-state index in [1.807, 2.05) is 42.5 Å². The molecular weight excluding hydrogens is 726 g/mol. The van der Waals surface area contributed by atoms with Crippen LogP contribution in [0.15, 0.2) is 70.0 Å². The van der Waals surface area contributed by atoms with Crippen molar-refractivity contribution < 1.29 is 14.6 Å². The summed E-state index contributed by atoms with van der Waals surface area (Å²) in [5.41, 5.74) is 6.03. The molecule has 0 spiro atoms. The van der Waals surface area contributed by atoms with Crippen molar-refractivity contribution in [1.29, 1.82) is 0 Å². The molecular formula is C29H22I2N2O4S. The number of fused-ring (bicyclic) bond motifs is 3. The van der Waals surface area contributed by atoms with Crippen molar-refractivity contribution in [3.8, 4) is 17.2 Å². The zero-order valence-electron chi connectivity index (χ0n) is 20.5. The number of hydrogen-bond acceptors (Lipinski definition) is 6. The molecule has 0 fully saturated rings. The fourth-order valence-corrected chi connectivity index (χ4v) is 7.99. The van der Waals surface area contributed by atoms with Crippen LogP contribution in [0.1, 0.15) is 34.7 Å². The maximum atomic E-state index is 14.0. The van der Waals surface area contributed by atoms with Gasteiger partial charge in [0.05, 0.1) is 37.6 Å². The Labute approximate surface area is 250 Å². The first-order valence-electron chi connectivity index (χ1n) is 11.9. The minimum Gasteiger partial charge on any atom is -0.506 e. The van der Waals surface area contributed by atoms with Crippen molar-refractivity contribution in [2.24, 2.45) is 4.99 Å². The maximum absolute atomic E-state index is 14.0. The van der Waals surface area contributed by atoms with E-state index < -0.39 is 0 Å². The number of phenols is 1. The zero-order valence-corrected chi connectivity index (χ0v) is 25.6. The molecule has 2 heterocycles. The highest BCUT2D eigenvalue weighted by molar-refractivity contribution is 14.1. The molecule has 0 saturated heterocycles.